The van der Waals surface area contributed by atoms with Gasteiger partial charge in [0.15, 0.2) is 11.4 Å². The lowest BCUT2D eigenvalue weighted by molar-refractivity contribution is -0.121. The van der Waals surface area contributed by atoms with E-state index < -0.39 is 0 Å². The molecule has 1 fully saturated rings. The van der Waals surface area contributed by atoms with E-state index >= 15 is 0 Å². The number of ketones is 1. The van der Waals surface area contributed by atoms with E-state index in [-0.39, 0.29) is 30.1 Å². The van der Waals surface area contributed by atoms with Crippen LogP contribution in [-0.4, -0.2) is 23.3 Å². The molecule has 2 aromatic carbocycles. The number of aryl methyl sites for hydroxylation is 1. The minimum Gasteiger partial charge on any atom is -0.495 e. The number of nitrogens with zero attached hydrogens (tertiary/aromatic N) is 3. The molecule has 3 heterocycles. The second-order valence-corrected chi connectivity index (χ2v) is 11.0. The van der Waals surface area contributed by atoms with Gasteiger partial charge < -0.3 is 14.5 Å². The van der Waals surface area contributed by atoms with Gasteiger partial charge in [-0.15, -0.1) is 11.3 Å². The van der Waals surface area contributed by atoms with E-state index in [4.69, 9.17) is 9.15 Å². The lowest BCUT2D eigenvalue weighted by Crippen LogP contribution is -2.36. The second-order valence-electron chi connectivity index (χ2n) is 10.0. The summed E-state index contributed by atoms with van der Waals surface area (Å²) in [5.41, 5.74) is 5.03. The molecule has 6 rings (SSSR count). The zero-order chi connectivity index (χ0) is 27.5. The third kappa shape index (κ3) is 5.51. The van der Waals surface area contributed by atoms with Crippen molar-refractivity contribution in [3.05, 3.63) is 94.3 Å². The quantitative estimate of drug-likeness (QED) is 0.185. The van der Waals surface area contributed by atoms with E-state index in [0.717, 1.165) is 35.2 Å². The number of amides is 1. The Balaban J connectivity index is 1.19. The number of benzene rings is 2. The van der Waals surface area contributed by atoms with Crippen LogP contribution in [0.3, 0.4) is 0 Å². The largest absolute Gasteiger partial charge is 0.495 e. The predicted molar refractivity (Wildman–Crippen MR) is 154 cm³/mol. The number of hydrogen-bond acceptors (Lipinski definition) is 8. The Hall–Kier alpha value is -4.37. The van der Waals surface area contributed by atoms with Crippen LogP contribution in [0, 0.1) is 18.8 Å². The van der Waals surface area contributed by atoms with E-state index in [0.29, 0.717) is 40.5 Å². The van der Waals surface area contributed by atoms with Crippen LogP contribution in [0.15, 0.2) is 92.7 Å². The van der Waals surface area contributed by atoms with Crippen molar-refractivity contribution in [1.82, 2.24) is 4.98 Å². The van der Waals surface area contributed by atoms with Gasteiger partial charge in [-0.05, 0) is 73.2 Å². The molecule has 1 aliphatic carbocycles. The molecule has 0 radical (unpaired) electrons. The number of allylic oxidation sites excluding steroid dienone is 2. The number of hydrogen-bond donors (Lipinski definition) is 1. The number of carbonyl (C=O) groups is 2. The number of azo groups is 1. The second kappa shape index (κ2) is 11.4. The summed E-state index contributed by atoms with van der Waals surface area (Å²) in [6.45, 7) is 2.23. The van der Waals surface area contributed by atoms with Crippen molar-refractivity contribution in [2.24, 2.45) is 22.1 Å². The molecular weight excluding hydrogens is 524 g/mol. The van der Waals surface area contributed by atoms with E-state index in [1.807, 2.05) is 60.8 Å². The first-order chi connectivity index (χ1) is 19.5. The number of anilines is 1. The van der Waals surface area contributed by atoms with Crippen LogP contribution in [-0.2, 0) is 9.53 Å². The third-order valence-electron chi connectivity index (χ3n) is 7.24. The van der Waals surface area contributed by atoms with Crippen molar-refractivity contribution in [2.45, 2.75) is 32.6 Å². The highest BCUT2D eigenvalue weighted by Crippen LogP contribution is 2.35. The van der Waals surface area contributed by atoms with E-state index in [1.54, 1.807) is 18.4 Å². The molecule has 2 aliphatic rings. The summed E-state index contributed by atoms with van der Waals surface area (Å²) >= 11 is 1.43. The number of thiophene rings is 1. The highest BCUT2D eigenvalue weighted by atomic mass is 32.1. The average Bonchev–Trinajstić information content (AvgIpc) is 3.66. The summed E-state index contributed by atoms with van der Waals surface area (Å²) in [4.78, 5) is 31.7. The number of ether oxygens (including phenoxy) is 1. The van der Waals surface area contributed by atoms with Gasteiger partial charge in [0.2, 0.25) is 11.8 Å². The topological polar surface area (TPSA) is 106 Å². The molecule has 2 aromatic heterocycles. The van der Waals surface area contributed by atoms with Gasteiger partial charge in [-0.25, -0.2) is 4.98 Å². The number of carbonyl (C=O) groups excluding carboxylic acids is 2. The minimum atomic E-state index is -0.354. The van der Waals surface area contributed by atoms with Gasteiger partial charge >= 0.3 is 0 Å². The van der Waals surface area contributed by atoms with E-state index in [2.05, 4.69) is 20.5 Å². The molecule has 1 saturated carbocycles. The SMILES string of the molecule is Cc1ccc2nc(C3=C(N=Nc4cccc(NC(=O)[C@@H]5CCCC[C@@H]5C(=O)c5cccs5)c4)COC=C3)oc2c1. The molecular formula is C31H28N4O4S. The Morgan fingerprint density at radius 1 is 1.02 bits per heavy atom. The van der Waals surface area contributed by atoms with Crippen LogP contribution in [0.5, 0.6) is 0 Å². The lowest BCUT2D eigenvalue weighted by Gasteiger charge is -2.29. The molecule has 2 atom stereocenters. The van der Waals surface area contributed by atoms with Crippen LogP contribution in [0.1, 0.15) is 46.8 Å². The highest BCUT2D eigenvalue weighted by molar-refractivity contribution is 7.12. The molecule has 40 heavy (non-hydrogen) atoms. The molecule has 1 amide bonds. The Labute approximate surface area is 235 Å². The number of nitrogens with one attached hydrogen (secondary N) is 1. The van der Waals surface area contributed by atoms with Gasteiger partial charge in [0.05, 0.1) is 22.4 Å². The van der Waals surface area contributed by atoms with Crippen LogP contribution < -0.4 is 5.32 Å². The van der Waals surface area contributed by atoms with E-state index in [9.17, 15) is 9.59 Å². The minimum absolute atomic E-state index is 0.0688. The number of oxazole rings is 1. The molecule has 9 heteroatoms. The zero-order valence-corrected chi connectivity index (χ0v) is 22.8. The standard InChI is InChI=1S/C31H28N4O4S/c1-19-11-12-25-27(16-19)39-31(33-25)24-13-14-38-18-26(24)35-34-21-7-4-6-20(17-21)32-30(37)23-9-3-2-8-22(23)29(36)28-10-5-15-40-28/h4-7,10-17,22-23H,2-3,8-9,18H2,1H3,(H,32,37)/t22-,23+/m0/s1. The fourth-order valence-electron chi connectivity index (χ4n) is 5.20. The maximum absolute atomic E-state index is 13.3. The fraction of sp³-hybridized carbons (Fsp3) is 0.258. The van der Waals surface area contributed by atoms with Gasteiger partial charge in [0.1, 0.15) is 17.8 Å². The van der Waals surface area contributed by atoms with Crippen molar-refractivity contribution in [2.75, 3.05) is 11.9 Å². The van der Waals surface area contributed by atoms with Gasteiger partial charge in [-0.3, -0.25) is 9.59 Å². The van der Waals surface area contributed by atoms with Crippen LogP contribution in [0.2, 0.25) is 0 Å². The van der Waals surface area contributed by atoms with Crippen molar-refractivity contribution in [1.29, 1.82) is 0 Å². The summed E-state index contributed by atoms with van der Waals surface area (Å²) in [5.74, 6) is -0.261. The maximum Gasteiger partial charge on any atom is 0.229 e. The summed E-state index contributed by atoms with van der Waals surface area (Å²) in [6, 6.07) is 16.8. The number of Topliss-reactive ketones (excluding diaryl/α,β-unsaturated/α-hetero) is 1. The monoisotopic (exact) mass is 552 g/mol. The summed E-state index contributed by atoms with van der Waals surface area (Å²) in [6.07, 6.45) is 6.69. The molecule has 0 saturated heterocycles. The van der Waals surface area contributed by atoms with E-state index in [1.165, 1.54) is 11.3 Å². The number of rotatable bonds is 7. The predicted octanol–water partition coefficient (Wildman–Crippen LogP) is 7.86. The van der Waals surface area contributed by atoms with Crippen molar-refractivity contribution >= 4 is 51.1 Å². The molecule has 8 nitrogen and oxygen atoms in total. The first kappa shape index (κ1) is 25.9. The number of fused-ring (bicyclic) bond motifs is 1. The van der Waals surface area contributed by atoms with Crippen LogP contribution in [0.4, 0.5) is 11.4 Å². The summed E-state index contributed by atoms with van der Waals surface area (Å²) in [7, 11) is 0. The first-order valence-corrected chi connectivity index (χ1v) is 14.2. The fourth-order valence-corrected chi connectivity index (χ4v) is 5.93. The van der Waals surface area contributed by atoms with Gasteiger partial charge in [0, 0.05) is 17.5 Å². The zero-order valence-electron chi connectivity index (χ0n) is 22.0. The normalized spacial score (nSPS) is 19.2. The van der Waals surface area contributed by atoms with Gasteiger partial charge in [-0.2, -0.15) is 10.2 Å². The summed E-state index contributed by atoms with van der Waals surface area (Å²) < 4.78 is 11.5. The van der Waals surface area contributed by atoms with Crippen molar-refractivity contribution < 1.29 is 18.7 Å². The molecule has 1 aliphatic heterocycles. The Morgan fingerprint density at radius 3 is 2.75 bits per heavy atom. The molecule has 0 bridgehead atoms. The Bertz CT molecular complexity index is 1650. The molecule has 202 valence electrons. The van der Waals surface area contributed by atoms with Gasteiger partial charge in [0.25, 0.3) is 0 Å². The first-order valence-electron chi connectivity index (χ1n) is 13.3. The van der Waals surface area contributed by atoms with Crippen LogP contribution >= 0.6 is 11.3 Å². The third-order valence-corrected chi connectivity index (χ3v) is 8.12. The average molecular weight is 553 g/mol. The molecule has 0 unspecified atom stereocenters. The lowest BCUT2D eigenvalue weighted by atomic mass is 9.76. The highest BCUT2D eigenvalue weighted by Gasteiger charge is 2.36. The van der Waals surface area contributed by atoms with Crippen molar-refractivity contribution in [3.63, 3.8) is 0 Å². The van der Waals surface area contributed by atoms with Crippen LogP contribution in [0.25, 0.3) is 16.7 Å². The van der Waals surface area contributed by atoms with Gasteiger partial charge in [-0.1, -0.05) is 31.0 Å². The Kier molecular flexibility index (Phi) is 7.37. The molecule has 1 N–H and O–H groups in total. The Morgan fingerprint density at radius 2 is 1.90 bits per heavy atom. The molecule has 4 aromatic rings. The maximum atomic E-state index is 13.3. The summed E-state index contributed by atoms with van der Waals surface area (Å²) in [5, 5.41) is 13.8. The van der Waals surface area contributed by atoms with Crippen molar-refractivity contribution in [3.8, 4) is 0 Å². The number of aromatic nitrogens is 1. The smallest absolute Gasteiger partial charge is 0.229 e. The molecule has 0 spiro atoms.